The Morgan fingerprint density at radius 2 is 1.86 bits per heavy atom. The van der Waals surface area contributed by atoms with E-state index in [1.165, 1.54) is 18.2 Å². The first kappa shape index (κ1) is 14.6. The number of carbonyl (C=O) groups is 2. The second-order valence-electron chi connectivity index (χ2n) is 4.19. The first-order valence-corrected chi connectivity index (χ1v) is 5.85. The van der Waals surface area contributed by atoms with Crippen LogP contribution in [0.3, 0.4) is 0 Å². The lowest BCUT2D eigenvalue weighted by atomic mass is 9.97. The maximum absolute atomic E-state index is 13.6. The van der Waals surface area contributed by atoms with Gasteiger partial charge >= 0.3 is 11.9 Å². The van der Waals surface area contributed by atoms with Gasteiger partial charge in [0.25, 0.3) is 0 Å². The van der Waals surface area contributed by atoms with Crippen molar-refractivity contribution in [1.82, 2.24) is 0 Å². The first-order chi connectivity index (χ1) is 9.93. The van der Waals surface area contributed by atoms with Crippen LogP contribution >= 0.6 is 0 Å². The van der Waals surface area contributed by atoms with Crippen molar-refractivity contribution in [3.8, 4) is 11.1 Å². The SMILES string of the molecule is COC(=O)c1cc(F)cc(-c2cccc(F)c2C(=O)O)c1. The van der Waals surface area contributed by atoms with Crippen molar-refractivity contribution in [1.29, 1.82) is 0 Å². The highest BCUT2D eigenvalue weighted by Crippen LogP contribution is 2.27. The van der Waals surface area contributed by atoms with E-state index < -0.39 is 29.1 Å². The van der Waals surface area contributed by atoms with Crippen LogP contribution in [0.15, 0.2) is 36.4 Å². The summed E-state index contributed by atoms with van der Waals surface area (Å²) >= 11 is 0. The van der Waals surface area contributed by atoms with Crippen LogP contribution in [0.4, 0.5) is 8.78 Å². The predicted octanol–water partition coefficient (Wildman–Crippen LogP) is 3.12. The molecule has 0 saturated carbocycles. The van der Waals surface area contributed by atoms with Crippen molar-refractivity contribution in [2.45, 2.75) is 0 Å². The minimum Gasteiger partial charge on any atom is -0.478 e. The van der Waals surface area contributed by atoms with Crippen LogP contribution < -0.4 is 0 Å². The summed E-state index contributed by atoms with van der Waals surface area (Å²) in [5.41, 5.74) is -0.619. The van der Waals surface area contributed by atoms with E-state index >= 15 is 0 Å². The molecule has 0 bridgehead atoms. The van der Waals surface area contributed by atoms with Gasteiger partial charge in [-0.25, -0.2) is 18.4 Å². The lowest BCUT2D eigenvalue weighted by Gasteiger charge is -2.09. The van der Waals surface area contributed by atoms with Gasteiger partial charge in [-0.05, 0) is 35.4 Å². The molecule has 1 N–H and O–H groups in total. The monoisotopic (exact) mass is 292 g/mol. The zero-order valence-electron chi connectivity index (χ0n) is 10.9. The molecule has 4 nitrogen and oxygen atoms in total. The molecule has 2 aromatic rings. The standard InChI is InChI=1S/C15H10F2O4/c1-21-15(20)9-5-8(6-10(16)7-9)11-3-2-4-12(17)13(11)14(18)19/h2-7H,1H3,(H,18,19). The van der Waals surface area contributed by atoms with E-state index in [0.29, 0.717) is 0 Å². The van der Waals surface area contributed by atoms with E-state index in [9.17, 15) is 18.4 Å². The molecule has 2 rings (SSSR count). The Morgan fingerprint density at radius 1 is 1.14 bits per heavy atom. The minimum absolute atomic E-state index is 0.0212. The summed E-state index contributed by atoms with van der Waals surface area (Å²) in [6.45, 7) is 0. The zero-order valence-corrected chi connectivity index (χ0v) is 10.9. The fourth-order valence-electron chi connectivity index (χ4n) is 1.96. The third-order valence-corrected chi connectivity index (χ3v) is 2.86. The van der Waals surface area contributed by atoms with Crippen LogP contribution in [-0.2, 0) is 4.74 Å². The number of ether oxygens (including phenoxy) is 1. The van der Waals surface area contributed by atoms with Crippen LogP contribution in [0.25, 0.3) is 11.1 Å². The Labute approximate surface area is 118 Å². The quantitative estimate of drug-likeness (QED) is 0.883. The normalized spacial score (nSPS) is 10.2. The van der Waals surface area contributed by atoms with Gasteiger partial charge in [0.1, 0.15) is 17.2 Å². The van der Waals surface area contributed by atoms with Gasteiger partial charge in [0.2, 0.25) is 0 Å². The third kappa shape index (κ3) is 2.89. The molecule has 0 aromatic heterocycles. The number of aromatic carboxylic acids is 1. The summed E-state index contributed by atoms with van der Waals surface area (Å²) in [5, 5.41) is 9.08. The number of esters is 1. The summed E-state index contributed by atoms with van der Waals surface area (Å²) in [7, 11) is 1.14. The number of carboxylic acids is 1. The molecular formula is C15H10F2O4. The van der Waals surface area contributed by atoms with Crippen LogP contribution in [0.2, 0.25) is 0 Å². The topological polar surface area (TPSA) is 63.6 Å². The largest absolute Gasteiger partial charge is 0.478 e. The van der Waals surface area contributed by atoms with Gasteiger partial charge in [0, 0.05) is 0 Å². The number of rotatable bonds is 3. The van der Waals surface area contributed by atoms with Crippen molar-refractivity contribution in [2.75, 3.05) is 7.11 Å². The number of halogens is 2. The summed E-state index contributed by atoms with van der Waals surface area (Å²) in [5.74, 6) is -3.95. The van der Waals surface area contributed by atoms with Gasteiger partial charge in [-0.1, -0.05) is 12.1 Å². The third-order valence-electron chi connectivity index (χ3n) is 2.86. The second kappa shape index (κ2) is 5.70. The molecule has 0 unspecified atom stereocenters. The maximum atomic E-state index is 13.6. The number of benzene rings is 2. The lowest BCUT2D eigenvalue weighted by molar-refractivity contribution is 0.0599. The molecule has 108 valence electrons. The Kier molecular flexibility index (Phi) is 3.98. The Hall–Kier alpha value is -2.76. The molecule has 0 aliphatic rings. The zero-order chi connectivity index (χ0) is 15.6. The predicted molar refractivity (Wildman–Crippen MR) is 70.1 cm³/mol. The molecule has 0 aliphatic carbocycles. The van der Waals surface area contributed by atoms with E-state index in [0.717, 1.165) is 25.3 Å². The molecular weight excluding hydrogens is 282 g/mol. The van der Waals surface area contributed by atoms with Gasteiger partial charge in [-0.3, -0.25) is 0 Å². The molecule has 0 fully saturated rings. The summed E-state index contributed by atoms with van der Waals surface area (Å²) in [6.07, 6.45) is 0. The van der Waals surface area contributed by atoms with Crippen LogP contribution in [0, 0.1) is 11.6 Å². The first-order valence-electron chi connectivity index (χ1n) is 5.85. The van der Waals surface area contributed by atoms with Gasteiger partial charge < -0.3 is 9.84 Å². The maximum Gasteiger partial charge on any atom is 0.339 e. The smallest absolute Gasteiger partial charge is 0.339 e. The van der Waals surface area contributed by atoms with Crippen molar-refractivity contribution >= 4 is 11.9 Å². The van der Waals surface area contributed by atoms with Crippen LogP contribution in [0.5, 0.6) is 0 Å². The summed E-state index contributed by atoms with van der Waals surface area (Å²) < 4.78 is 31.7. The number of methoxy groups -OCH3 is 1. The highest BCUT2D eigenvalue weighted by atomic mass is 19.1. The highest BCUT2D eigenvalue weighted by molar-refractivity contribution is 5.97. The van der Waals surface area contributed by atoms with E-state index in [1.807, 2.05) is 0 Å². The second-order valence-corrected chi connectivity index (χ2v) is 4.19. The van der Waals surface area contributed by atoms with Gasteiger partial charge in [0.15, 0.2) is 0 Å². The van der Waals surface area contributed by atoms with Crippen molar-refractivity contribution in [3.63, 3.8) is 0 Å². The molecule has 0 atom stereocenters. The summed E-state index contributed by atoms with van der Waals surface area (Å²) in [6, 6.07) is 6.86. The molecule has 6 heteroatoms. The Morgan fingerprint density at radius 3 is 2.48 bits per heavy atom. The number of carbonyl (C=O) groups excluding carboxylic acids is 1. The molecule has 0 radical (unpaired) electrons. The number of hydrogen-bond donors (Lipinski definition) is 1. The van der Waals surface area contributed by atoms with Gasteiger partial charge in [-0.2, -0.15) is 0 Å². The highest BCUT2D eigenvalue weighted by Gasteiger charge is 2.18. The molecule has 0 heterocycles. The number of hydrogen-bond acceptors (Lipinski definition) is 3. The Bertz CT molecular complexity index is 726. The van der Waals surface area contributed by atoms with Crippen molar-refractivity contribution in [3.05, 3.63) is 59.2 Å². The molecule has 2 aromatic carbocycles. The lowest BCUT2D eigenvalue weighted by Crippen LogP contribution is -2.05. The average molecular weight is 292 g/mol. The molecule has 0 amide bonds. The van der Waals surface area contributed by atoms with E-state index in [2.05, 4.69) is 4.74 Å². The van der Waals surface area contributed by atoms with Gasteiger partial charge in [0.05, 0.1) is 12.7 Å². The molecule has 21 heavy (non-hydrogen) atoms. The van der Waals surface area contributed by atoms with Crippen molar-refractivity contribution < 1.29 is 28.2 Å². The van der Waals surface area contributed by atoms with Crippen LogP contribution in [0.1, 0.15) is 20.7 Å². The fraction of sp³-hybridized carbons (Fsp3) is 0.0667. The van der Waals surface area contributed by atoms with E-state index in [4.69, 9.17) is 5.11 Å². The average Bonchev–Trinajstić information content (AvgIpc) is 2.45. The molecule has 0 aliphatic heterocycles. The molecule has 0 saturated heterocycles. The molecule has 0 spiro atoms. The number of carboxylic acid groups (broad SMARTS) is 1. The van der Waals surface area contributed by atoms with Gasteiger partial charge in [-0.15, -0.1) is 0 Å². The van der Waals surface area contributed by atoms with Crippen molar-refractivity contribution in [2.24, 2.45) is 0 Å². The summed E-state index contributed by atoms with van der Waals surface area (Å²) in [4.78, 5) is 22.6. The van der Waals surface area contributed by atoms with Crippen LogP contribution in [-0.4, -0.2) is 24.2 Å². The van der Waals surface area contributed by atoms with E-state index in [-0.39, 0.29) is 16.7 Å². The minimum atomic E-state index is -1.48. The Balaban J connectivity index is 2.68. The van der Waals surface area contributed by atoms with E-state index in [1.54, 1.807) is 0 Å². The fourth-order valence-corrected chi connectivity index (χ4v) is 1.96.